The SMILES string of the molecule is Cc1cn(C2C[C@@H](SCP(=O)([O-])O)CO2)c(=O)[nH]c1=O.[Na+]. The number of hydrogen-bond acceptors (Lipinski definition) is 6. The Morgan fingerprint density at radius 2 is 2.29 bits per heavy atom. The van der Waals surface area contributed by atoms with E-state index < -0.39 is 25.1 Å². The molecular weight excluding hydrogens is 330 g/mol. The second kappa shape index (κ2) is 7.61. The van der Waals surface area contributed by atoms with Crippen molar-refractivity contribution in [2.24, 2.45) is 0 Å². The number of aromatic amines is 1. The van der Waals surface area contributed by atoms with Crippen LogP contribution < -0.4 is 45.7 Å². The van der Waals surface area contributed by atoms with Gasteiger partial charge in [-0.15, -0.1) is 11.8 Å². The first kappa shape index (κ1) is 19.2. The van der Waals surface area contributed by atoms with Crippen LogP contribution >= 0.6 is 19.4 Å². The van der Waals surface area contributed by atoms with Gasteiger partial charge in [-0.3, -0.25) is 14.3 Å². The molecule has 0 aliphatic carbocycles. The molecule has 0 saturated carbocycles. The first-order valence-corrected chi connectivity index (χ1v) is 8.65. The van der Waals surface area contributed by atoms with Gasteiger partial charge in [-0.2, -0.15) is 0 Å². The number of ether oxygens (including phenoxy) is 1. The Balaban J connectivity index is 0.00000220. The molecule has 1 saturated heterocycles. The van der Waals surface area contributed by atoms with Gasteiger partial charge in [-0.05, 0) is 6.92 Å². The van der Waals surface area contributed by atoms with Gasteiger partial charge in [0.1, 0.15) is 13.8 Å². The summed E-state index contributed by atoms with van der Waals surface area (Å²) in [6.45, 7) is 1.86. The van der Waals surface area contributed by atoms with E-state index in [0.29, 0.717) is 12.0 Å². The van der Waals surface area contributed by atoms with E-state index >= 15 is 0 Å². The van der Waals surface area contributed by atoms with Crippen molar-refractivity contribution in [1.29, 1.82) is 0 Å². The standard InChI is InChI=1S/C10H15N2O6PS.Na/c1-6-3-12(10(14)11-9(6)13)8-2-7(4-18-8)20-5-19(15,16)17;/h3,7-8H,2,4-5H2,1H3,(H,11,13,14)(H2,15,16,17);/q;+1/p-1/t7-,8?;/m1./s1. The molecule has 11 heteroatoms. The predicted molar refractivity (Wildman–Crippen MR) is 71.7 cm³/mol. The number of nitrogens with one attached hydrogen (secondary N) is 1. The molecule has 21 heavy (non-hydrogen) atoms. The quantitative estimate of drug-likeness (QED) is 0.427. The van der Waals surface area contributed by atoms with Gasteiger partial charge < -0.3 is 19.1 Å². The van der Waals surface area contributed by atoms with Gasteiger partial charge in [0.15, 0.2) is 0 Å². The van der Waals surface area contributed by atoms with E-state index in [2.05, 4.69) is 4.98 Å². The van der Waals surface area contributed by atoms with Crippen molar-refractivity contribution in [2.75, 3.05) is 12.1 Å². The van der Waals surface area contributed by atoms with Gasteiger partial charge in [0.25, 0.3) is 5.56 Å². The van der Waals surface area contributed by atoms with E-state index in [-0.39, 0.29) is 46.9 Å². The minimum Gasteiger partial charge on any atom is -0.778 e. The molecule has 1 aromatic rings. The first-order chi connectivity index (χ1) is 9.26. The molecule has 1 fully saturated rings. The molecule has 8 nitrogen and oxygen atoms in total. The molecular formula is C10H14N2NaO6PS. The van der Waals surface area contributed by atoms with Gasteiger partial charge >= 0.3 is 35.2 Å². The van der Waals surface area contributed by atoms with Crippen LogP contribution in [-0.2, 0) is 9.30 Å². The third kappa shape index (κ3) is 5.37. The molecule has 0 bridgehead atoms. The summed E-state index contributed by atoms with van der Waals surface area (Å²) in [4.78, 5) is 44.6. The molecule has 0 aromatic carbocycles. The number of H-pyrrole nitrogens is 1. The first-order valence-electron chi connectivity index (χ1n) is 5.84. The maximum Gasteiger partial charge on any atom is 1.00 e. The summed E-state index contributed by atoms with van der Waals surface area (Å²) in [5.41, 5.74) is -0.993. The zero-order valence-corrected chi connectivity index (χ0v) is 15.4. The Bertz CT molecular complexity index is 656. The number of rotatable bonds is 4. The number of aromatic nitrogens is 2. The van der Waals surface area contributed by atoms with Crippen molar-refractivity contribution in [3.8, 4) is 0 Å². The number of nitrogens with zero attached hydrogens (tertiary/aromatic N) is 1. The van der Waals surface area contributed by atoms with Crippen molar-refractivity contribution >= 4 is 19.4 Å². The van der Waals surface area contributed by atoms with Gasteiger partial charge in [-0.1, -0.05) is 0 Å². The van der Waals surface area contributed by atoms with Crippen LogP contribution in [0.25, 0.3) is 0 Å². The largest absolute Gasteiger partial charge is 1.00 e. The van der Waals surface area contributed by atoms with Crippen LogP contribution in [0.1, 0.15) is 18.2 Å². The van der Waals surface area contributed by atoms with Crippen LogP contribution in [0.3, 0.4) is 0 Å². The monoisotopic (exact) mass is 344 g/mol. The fourth-order valence-corrected chi connectivity index (χ4v) is 3.96. The van der Waals surface area contributed by atoms with Gasteiger partial charge in [0, 0.05) is 23.4 Å². The van der Waals surface area contributed by atoms with Gasteiger partial charge in [-0.25, -0.2) is 4.79 Å². The third-order valence-electron chi connectivity index (χ3n) is 2.87. The Kier molecular flexibility index (Phi) is 6.95. The second-order valence-electron chi connectivity index (χ2n) is 4.56. The Labute approximate surface area is 146 Å². The van der Waals surface area contributed by atoms with E-state index in [1.165, 1.54) is 10.8 Å². The third-order valence-corrected chi connectivity index (χ3v) is 5.57. The molecule has 0 radical (unpaired) electrons. The van der Waals surface area contributed by atoms with E-state index in [0.717, 1.165) is 11.8 Å². The van der Waals surface area contributed by atoms with E-state index in [1.54, 1.807) is 6.92 Å². The summed E-state index contributed by atoms with van der Waals surface area (Å²) in [6, 6.07) is 0. The maximum absolute atomic E-state index is 11.7. The molecule has 2 unspecified atom stereocenters. The predicted octanol–water partition coefficient (Wildman–Crippen LogP) is -3.63. The average molecular weight is 344 g/mol. The molecule has 3 atom stereocenters. The molecule has 112 valence electrons. The molecule has 2 heterocycles. The van der Waals surface area contributed by atoms with Gasteiger partial charge in [0.05, 0.1) is 12.1 Å². The minimum absolute atomic E-state index is 0. The molecule has 1 aromatic heterocycles. The average Bonchev–Trinajstić information content (AvgIpc) is 2.79. The number of hydrogen-bond donors (Lipinski definition) is 2. The van der Waals surface area contributed by atoms with Crippen LogP contribution in [-0.4, -0.2) is 31.8 Å². The number of aryl methyl sites for hydroxylation is 1. The smallest absolute Gasteiger partial charge is 0.778 e. The van der Waals surface area contributed by atoms with Crippen LogP contribution in [0.15, 0.2) is 15.8 Å². The normalized spacial score (nSPS) is 24.3. The van der Waals surface area contributed by atoms with Crippen molar-refractivity contribution in [2.45, 2.75) is 24.8 Å². The Hall–Kier alpha value is 0.140. The maximum atomic E-state index is 11.7. The Morgan fingerprint density at radius 1 is 1.62 bits per heavy atom. The van der Waals surface area contributed by atoms with Crippen LogP contribution in [0.4, 0.5) is 0 Å². The van der Waals surface area contributed by atoms with Crippen molar-refractivity contribution in [1.82, 2.24) is 9.55 Å². The van der Waals surface area contributed by atoms with E-state index in [9.17, 15) is 19.0 Å². The molecule has 1 aliphatic heterocycles. The summed E-state index contributed by atoms with van der Waals surface area (Å²) in [5.74, 6) is 0. The van der Waals surface area contributed by atoms with Crippen LogP contribution in [0, 0.1) is 6.92 Å². The van der Waals surface area contributed by atoms with Crippen molar-refractivity contribution in [3.63, 3.8) is 0 Å². The topological polar surface area (TPSA) is 124 Å². The van der Waals surface area contributed by atoms with Gasteiger partial charge in [0.2, 0.25) is 0 Å². The molecule has 2 N–H and O–H groups in total. The van der Waals surface area contributed by atoms with Crippen LogP contribution in [0.2, 0.25) is 0 Å². The molecule has 0 amide bonds. The zero-order chi connectivity index (χ0) is 14.9. The Morgan fingerprint density at radius 3 is 2.90 bits per heavy atom. The minimum atomic E-state index is -4.29. The van der Waals surface area contributed by atoms with Crippen LogP contribution in [0.5, 0.6) is 0 Å². The summed E-state index contributed by atoms with van der Waals surface area (Å²) in [7, 11) is -4.29. The van der Waals surface area contributed by atoms with Crippen molar-refractivity contribution in [3.05, 3.63) is 32.6 Å². The molecule has 2 rings (SSSR count). The fraction of sp³-hybridized carbons (Fsp3) is 0.600. The number of thioether (sulfide) groups is 1. The fourth-order valence-electron chi connectivity index (χ4n) is 1.89. The second-order valence-corrected chi connectivity index (χ2v) is 7.87. The summed E-state index contributed by atoms with van der Waals surface area (Å²) in [5, 5.41) is -0.131. The van der Waals surface area contributed by atoms with Crippen molar-refractivity contribution < 1.29 is 48.6 Å². The van der Waals surface area contributed by atoms with E-state index in [4.69, 9.17) is 9.63 Å². The zero-order valence-electron chi connectivity index (χ0n) is 11.6. The summed E-state index contributed by atoms with van der Waals surface area (Å²) >= 11 is 1.06. The molecule has 1 aliphatic rings. The summed E-state index contributed by atoms with van der Waals surface area (Å²) in [6.07, 6.45) is 1.31. The molecule has 0 spiro atoms. The summed E-state index contributed by atoms with van der Waals surface area (Å²) < 4.78 is 17.4. The van der Waals surface area contributed by atoms with E-state index in [1.807, 2.05) is 0 Å².